The quantitative estimate of drug-likeness (QED) is 0.163. The summed E-state index contributed by atoms with van der Waals surface area (Å²) in [5.41, 5.74) is 12.3. The first-order valence-corrected chi connectivity index (χ1v) is 18.3. The minimum atomic E-state index is 0.696. The first kappa shape index (κ1) is 31.7. The zero-order valence-electron chi connectivity index (χ0n) is 30.0. The molecule has 54 heavy (non-hydrogen) atoms. The van der Waals surface area contributed by atoms with E-state index < -0.39 is 0 Å². The molecule has 0 unspecified atom stereocenters. The molecule has 0 bridgehead atoms. The number of hydrogen-bond donors (Lipinski definition) is 0. The second kappa shape index (κ2) is 12.9. The van der Waals surface area contributed by atoms with E-state index in [4.69, 9.17) is 15.0 Å². The molecule has 0 atom stereocenters. The molecule has 4 heteroatoms. The number of hydrogen-bond acceptors (Lipinski definition) is 4. The molecule has 0 aliphatic heterocycles. The van der Waals surface area contributed by atoms with E-state index in [9.17, 15) is 0 Å². The van der Waals surface area contributed by atoms with Crippen molar-refractivity contribution < 1.29 is 0 Å². The Hall–Kier alpha value is -7.04. The van der Waals surface area contributed by atoms with Crippen LogP contribution in [0.5, 0.6) is 0 Å². The second-order valence-electron chi connectivity index (χ2n) is 14.0. The van der Waals surface area contributed by atoms with Crippen molar-refractivity contribution in [1.29, 1.82) is 0 Å². The van der Waals surface area contributed by atoms with E-state index in [0.29, 0.717) is 5.82 Å². The Morgan fingerprint density at radius 1 is 0.296 bits per heavy atom. The van der Waals surface area contributed by atoms with Gasteiger partial charge in [0.15, 0.2) is 5.82 Å². The summed E-state index contributed by atoms with van der Waals surface area (Å²) in [6, 6.07) is 60.5. The highest BCUT2D eigenvalue weighted by molar-refractivity contribution is 6.23. The van der Waals surface area contributed by atoms with Gasteiger partial charge in [-0.1, -0.05) is 127 Å². The summed E-state index contributed by atoms with van der Waals surface area (Å²) in [5, 5.41) is 7.64. The molecule has 0 aliphatic rings. The van der Waals surface area contributed by atoms with Crippen molar-refractivity contribution in [2.75, 3.05) is 0 Å². The standard InChI is InChI=1S/C50H34N4/c1-31-24-45(52-32(2)51-31)35-18-16-33(17-19-35)41-27-43(42-25-39-22-20-36-14-9-15-37-21-23-40(26-42)49(39)48(36)37)29-44(28-41)47-30-46(34-10-5-3-6-11-34)53-50(54-47)38-12-7-4-8-13-38/h3-30H,1-2H3. The Morgan fingerprint density at radius 3 is 1.43 bits per heavy atom. The molecule has 2 heterocycles. The SMILES string of the molecule is Cc1cc(-c2ccc(-c3cc(-c4cc5ccc6cccc7ccc(c4)c5c67)cc(-c4cc(-c5ccccc5)nc(-c5ccccc5)n4)c3)cc2)nc(C)n1. The van der Waals surface area contributed by atoms with Gasteiger partial charge in [0.1, 0.15) is 5.82 Å². The van der Waals surface area contributed by atoms with Crippen LogP contribution in [-0.4, -0.2) is 19.9 Å². The highest BCUT2D eigenvalue weighted by Gasteiger charge is 2.16. The molecular weight excluding hydrogens is 657 g/mol. The van der Waals surface area contributed by atoms with E-state index in [1.54, 1.807) is 0 Å². The topological polar surface area (TPSA) is 51.6 Å². The third-order valence-corrected chi connectivity index (χ3v) is 10.3. The molecule has 0 saturated carbocycles. The summed E-state index contributed by atoms with van der Waals surface area (Å²) in [5.74, 6) is 1.47. The molecular formula is C50H34N4. The molecule has 8 aromatic carbocycles. The smallest absolute Gasteiger partial charge is 0.160 e. The van der Waals surface area contributed by atoms with Gasteiger partial charge in [0.2, 0.25) is 0 Å². The van der Waals surface area contributed by atoms with Gasteiger partial charge in [-0.25, -0.2) is 19.9 Å². The number of rotatable bonds is 6. The Bertz CT molecular complexity index is 2850. The second-order valence-corrected chi connectivity index (χ2v) is 14.0. The van der Waals surface area contributed by atoms with Crippen LogP contribution in [0.2, 0.25) is 0 Å². The third-order valence-electron chi connectivity index (χ3n) is 10.3. The molecule has 0 fully saturated rings. The van der Waals surface area contributed by atoms with Gasteiger partial charge in [-0.15, -0.1) is 0 Å². The van der Waals surface area contributed by atoms with Gasteiger partial charge in [-0.2, -0.15) is 0 Å². The van der Waals surface area contributed by atoms with Crippen LogP contribution < -0.4 is 0 Å². The van der Waals surface area contributed by atoms with Crippen molar-refractivity contribution in [3.05, 3.63) is 181 Å². The summed E-state index contributed by atoms with van der Waals surface area (Å²) in [4.78, 5) is 19.5. The molecule has 0 N–H and O–H groups in total. The summed E-state index contributed by atoms with van der Waals surface area (Å²) in [6.45, 7) is 3.95. The van der Waals surface area contributed by atoms with E-state index in [1.165, 1.54) is 32.3 Å². The van der Waals surface area contributed by atoms with Gasteiger partial charge in [0.05, 0.1) is 17.1 Å². The molecule has 0 spiro atoms. The van der Waals surface area contributed by atoms with Crippen LogP contribution in [0.15, 0.2) is 170 Å². The zero-order chi connectivity index (χ0) is 36.2. The molecule has 254 valence electrons. The zero-order valence-corrected chi connectivity index (χ0v) is 30.0. The van der Waals surface area contributed by atoms with Crippen LogP contribution in [0.1, 0.15) is 11.5 Å². The normalized spacial score (nSPS) is 11.5. The van der Waals surface area contributed by atoms with Gasteiger partial charge in [-0.3, -0.25) is 0 Å². The first-order chi connectivity index (χ1) is 26.5. The van der Waals surface area contributed by atoms with Crippen molar-refractivity contribution in [3.8, 4) is 67.4 Å². The fourth-order valence-electron chi connectivity index (χ4n) is 7.80. The first-order valence-electron chi connectivity index (χ1n) is 18.3. The highest BCUT2D eigenvalue weighted by atomic mass is 14.9. The number of aryl methyl sites for hydroxylation is 2. The summed E-state index contributed by atoms with van der Waals surface area (Å²) >= 11 is 0. The van der Waals surface area contributed by atoms with Crippen LogP contribution in [0.25, 0.3) is 99.7 Å². The fourth-order valence-corrected chi connectivity index (χ4v) is 7.80. The highest BCUT2D eigenvalue weighted by Crippen LogP contribution is 2.40. The lowest BCUT2D eigenvalue weighted by molar-refractivity contribution is 1.02. The van der Waals surface area contributed by atoms with Crippen LogP contribution in [0.3, 0.4) is 0 Å². The largest absolute Gasteiger partial charge is 0.239 e. The Kier molecular flexibility index (Phi) is 7.55. The van der Waals surface area contributed by atoms with E-state index >= 15 is 0 Å². The van der Waals surface area contributed by atoms with E-state index in [-0.39, 0.29) is 0 Å². The predicted molar refractivity (Wildman–Crippen MR) is 223 cm³/mol. The van der Waals surface area contributed by atoms with Crippen molar-refractivity contribution in [3.63, 3.8) is 0 Å². The third kappa shape index (κ3) is 5.75. The van der Waals surface area contributed by atoms with Gasteiger partial charge in [0.25, 0.3) is 0 Å². The molecule has 4 nitrogen and oxygen atoms in total. The van der Waals surface area contributed by atoms with Crippen molar-refractivity contribution in [1.82, 2.24) is 19.9 Å². The molecule has 0 amide bonds. The lowest BCUT2D eigenvalue weighted by Crippen LogP contribution is -1.96. The maximum Gasteiger partial charge on any atom is 0.160 e. The van der Waals surface area contributed by atoms with Crippen LogP contribution >= 0.6 is 0 Å². The Morgan fingerprint density at radius 2 is 0.778 bits per heavy atom. The Labute approximate surface area is 313 Å². The number of nitrogens with zero attached hydrogens (tertiary/aromatic N) is 4. The van der Waals surface area contributed by atoms with Crippen LogP contribution in [0, 0.1) is 13.8 Å². The predicted octanol–water partition coefficient (Wildman–Crippen LogP) is 12.8. The molecule has 10 rings (SSSR count). The minimum absolute atomic E-state index is 0.696. The average Bonchev–Trinajstić information content (AvgIpc) is 3.22. The lowest BCUT2D eigenvalue weighted by Gasteiger charge is -2.15. The van der Waals surface area contributed by atoms with Gasteiger partial charge in [0, 0.05) is 27.9 Å². The fraction of sp³-hybridized carbons (Fsp3) is 0.0400. The summed E-state index contributed by atoms with van der Waals surface area (Å²) in [6.07, 6.45) is 0. The van der Waals surface area contributed by atoms with Gasteiger partial charge < -0.3 is 0 Å². The van der Waals surface area contributed by atoms with Crippen molar-refractivity contribution in [2.45, 2.75) is 13.8 Å². The van der Waals surface area contributed by atoms with Gasteiger partial charge in [-0.05, 0) is 111 Å². The molecule has 10 aromatic rings. The average molecular weight is 691 g/mol. The number of benzene rings is 8. The minimum Gasteiger partial charge on any atom is -0.239 e. The van der Waals surface area contributed by atoms with Crippen molar-refractivity contribution in [2.24, 2.45) is 0 Å². The van der Waals surface area contributed by atoms with E-state index in [0.717, 1.165) is 73.1 Å². The molecule has 0 aliphatic carbocycles. The Balaban J connectivity index is 1.18. The number of aromatic nitrogens is 4. The van der Waals surface area contributed by atoms with Crippen LogP contribution in [-0.2, 0) is 0 Å². The summed E-state index contributed by atoms with van der Waals surface area (Å²) in [7, 11) is 0. The van der Waals surface area contributed by atoms with Crippen molar-refractivity contribution >= 4 is 32.3 Å². The molecule has 2 aromatic heterocycles. The molecule has 0 radical (unpaired) electrons. The van der Waals surface area contributed by atoms with Gasteiger partial charge >= 0.3 is 0 Å². The van der Waals surface area contributed by atoms with E-state index in [2.05, 4.69) is 145 Å². The van der Waals surface area contributed by atoms with E-state index in [1.807, 2.05) is 44.2 Å². The lowest BCUT2D eigenvalue weighted by atomic mass is 9.89. The maximum atomic E-state index is 5.23. The monoisotopic (exact) mass is 690 g/mol. The maximum absolute atomic E-state index is 5.23. The molecule has 0 saturated heterocycles. The van der Waals surface area contributed by atoms with Crippen LogP contribution in [0.4, 0.5) is 0 Å². The summed E-state index contributed by atoms with van der Waals surface area (Å²) < 4.78 is 0.